The molecule has 0 aliphatic rings. The van der Waals surface area contributed by atoms with E-state index in [4.69, 9.17) is 54.9 Å². The summed E-state index contributed by atoms with van der Waals surface area (Å²) in [6, 6.07) is 0. The van der Waals surface area contributed by atoms with Crippen molar-refractivity contribution in [3.8, 4) is 0 Å². The van der Waals surface area contributed by atoms with Gasteiger partial charge < -0.3 is 48.0 Å². The van der Waals surface area contributed by atoms with E-state index in [0.717, 1.165) is 32.6 Å². The first-order valence-electron chi connectivity index (χ1n) is 7.50. The van der Waals surface area contributed by atoms with Crippen molar-refractivity contribution in [3.05, 3.63) is 13.2 Å². The molecule has 0 rings (SSSR count). The molecule has 0 amide bonds. The zero-order valence-corrected chi connectivity index (χ0v) is 18.9. The molecule has 33 heavy (non-hydrogen) atoms. The molecular weight excluding hydrogens is 458 g/mol. The highest BCUT2D eigenvalue weighted by Crippen LogP contribution is 1.87. The minimum absolute atomic E-state index is 0. The molecular formula is C16H35N3O14. The van der Waals surface area contributed by atoms with Crippen molar-refractivity contribution in [2.75, 3.05) is 19.6 Å². The van der Waals surface area contributed by atoms with E-state index in [9.17, 15) is 14.4 Å². The summed E-state index contributed by atoms with van der Waals surface area (Å²) in [6.45, 7) is 8.54. The van der Waals surface area contributed by atoms with E-state index in [1.54, 1.807) is 0 Å². The van der Waals surface area contributed by atoms with Crippen LogP contribution in [0.4, 0.5) is 0 Å². The van der Waals surface area contributed by atoms with Crippen LogP contribution in [0.5, 0.6) is 0 Å². The van der Waals surface area contributed by atoms with Gasteiger partial charge in [0.05, 0.1) is 19.6 Å². The van der Waals surface area contributed by atoms with E-state index in [1.807, 2.05) is 0 Å². The fourth-order valence-electron chi connectivity index (χ4n) is 0.742. The standard InChI is InChI=1S/C6H9NO6.4C2H4O2.C2H4.2H3N/c8-4(9)1-7(2-5(10)11)3-6(12)13;4*1-2(3)4;1-2;;/h1-3H2,(H,8,9)(H,10,11)(H,12,13);4*1H3,(H,3,4);1-2H2;2*1H3. The molecule has 0 aromatic rings. The smallest absolute Gasteiger partial charge is 0.317 e. The van der Waals surface area contributed by atoms with E-state index < -0.39 is 61.4 Å². The number of carboxylic acid groups (broad SMARTS) is 7. The van der Waals surface area contributed by atoms with Gasteiger partial charge in [-0.25, -0.2) is 0 Å². The fraction of sp³-hybridized carbons (Fsp3) is 0.438. The van der Waals surface area contributed by atoms with Gasteiger partial charge in [0, 0.05) is 27.7 Å². The second-order valence-electron chi connectivity index (χ2n) is 4.40. The highest BCUT2D eigenvalue weighted by atomic mass is 16.4. The third-order valence-electron chi connectivity index (χ3n) is 1.08. The lowest BCUT2D eigenvalue weighted by atomic mass is 10.4. The first kappa shape index (κ1) is 51.5. The predicted octanol–water partition coefficient (Wildman–Crippen LogP) is 0.0320. The molecule has 198 valence electrons. The monoisotopic (exact) mass is 493 g/mol. The van der Waals surface area contributed by atoms with Crippen LogP contribution in [0.2, 0.25) is 0 Å². The minimum atomic E-state index is -1.26. The van der Waals surface area contributed by atoms with Gasteiger partial charge in [0.15, 0.2) is 0 Å². The maximum Gasteiger partial charge on any atom is 0.317 e. The van der Waals surface area contributed by atoms with Crippen LogP contribution in [0.15, 0.2) is 13.2 Å². The minimum Gasteiger partial charge on any atom is -0.481 e. The molecule has 13 N–H and O–H groups in total. The molecule has 0 saturated heterocycles. The number of hydrogen-bond acceptors (Lipinski definition) is 10. The van der Waals surface area contributed by atoms with Crippen molar-refractivity contribution < 1.29 is 69.3 Å². The molecule has 0 aromatic carbocycles. The lowest BCUT2D eigenvalue weighted by molar-refractivity contribution is -0.145. The molecule has 0 aromatic heterocycles. The number of rotatable bonds is 6. The van der Waals surface area contributed by atoms with Crippen LogP contribution in [0.3, 0.4) is 0 Å². The van der Waals surface area contributed by atoms with Gasteiger partial charge in [-0.15, -0.1) is 13.2 Å². The molecule has 0 aliphatic heterocycles. The Kier molecular flexibility index (Phi) is 60.1. The molecule has 0 radical (unpaired) electrons. The zero-order chi connectivity index (χ0) is 26.7. The van der Waals surface area contributed by atoms with Crippen LogP contribution >= 0.6 is 0 Å². The summed E-state index contributed by atoms with van der Waals surface area (Å²) in [5.41, 5.74) is 0. The quantitative estimate of drug-likeness (QED) is 0.220. The number of nitrogens with zero attached hydrogens (tertiary/aromatic N) is 1. The summed E-state index contributed by atoms with van der Waals surface area (Å²) in [4.78, 5) is 67.2. The first-order valence-corrected chi connectivity index (χ1v) is 7.50. The number of hydrogen-bond donors (Lipinski definition) is 9. The van der Waals surface area contributed by atoms with Crippen LogP contribution in [0.1, 0.15) is 27.7 Å². The van der Waals surface area contributed by atoms with E-state index >= 15 is 0 Å². The van der Waals surface area contributed by atoms with Gasteiger partial charge in [0.25, 0.3) is 23.9 Å². The predicted molar refractivity (Wildman–Crippen MR) is 114 cm³/mol. The van der Waals surface area contributed by atoms with Crippen LogP contribution in [-0.2, 0) is 33.6 Å². The summed E-state index contributed by atoms with van der Waals surface area (Å²) < 4.78 is 0. The van der Waals surface area contributed by atoms with Crippen molar-refractivity contribution in [3.63, 3.8) is 0 Å². The lowest BCUT2D eigenvalue weighted by Gasteiger charge is -2.14. The molecule has 0 saturated carbocycles. The third kappa shape index (κ3) is 299. The maximum atomic E-state index is 10.1. The SMILES string of the molecule is C=C.CC(=O)O.CC(=O)O.CC(=O)O.CC(=O)O.N.N.O=C(O)CN(CC(=O)O)CC(=O)O. The van der Waals surface area contributed by atoms with Crippen molar-refractivity contribution in [1.82, 2.24) is 17.2 Å². The maximum absolute atomic E-state index is 10.1. The lowest BCUT2D eigenvalue weighted by Crippen LogP contribution is -2.38. The number of carboxylic acids is 7. The van der Waals surface area contributed by atoms with Crippen LogP contribution in [0, 0.1) is 0 Å². The first-order chi connectivity index (χ1) is 13.8. The highest BCUT2D eigenvalue weighted by molar-refractivity contribution is 5.75. The molecule has 17 heteroatoms. The van der Waals surface area contributed by atoms with Crippen molar-refractivity contribution in [1.29, 1.82) is 0 Å². The second kappa shape index (κ2) is 38.5. The average molecular weight is 493 g/mol. The molecule has 0 unspecified atom stereocenters. The number of carbonyl (C=O) groups is 7. The van der Waals surface area contributed by atoms with Gasteiger partial charge in [-0.1, -0.05) is 0 Å². The molecule has 0 aliphatic carbocycles. The summed E-state index contributed by atoms with van der Waals surface area (Å²) in [5.74, 6) is -7.12. The molecule has 17 nitrogen and oxygen atoms in total. The second-order valence-corrected chi connectivity index (χ2v) is 4.40. The Morgan fingerprint density at radius 3 is 0.636 bits per heavy atom. The van der Waals surface area contributed by atoms with Gasteiger partial charge >= 0.3 is 17.9 Å². The van der Waals surface area contributed by atoms with Gasteiger partial charge in [-0.2, -0.15) is 0 Å². The van der Waals surface area contributed by atoms with Crippen molar-refractivity contribution in [2.45, 2.75) is 27.7 Å². The average Bonchev–Trinajstić information content (AvgIpc) is 2.44. The van der Waals surface area contributed by atoms with E-state index in [1.165, 1.54) is 0 Å². The Balaban J connectivity index is -0.0000000436. The van der Waals surface area contributed by atoms with Crippen molar-refractivity contribution in [2.24, 2.45) is 0 Å². The Bertz CT molecular complexity index is 465. The van der Waals surface area contributed by atoms with Crippen LogP contribution in [0.25, 0.3) is 0 Å². The van der Waals surface area contributed by atoms with Crippen molar-refractivity contribution >= 4 is 41.8 Å². The Labute approximate surface area is 189 Å². The summed E-state index contributed by atoms with van der Waals surface area (Å²) in [5, 5.41) is 54.5. The Morgan fingerprint density at radius 2 is 0.576 bits per heavy atom. The number of aliphatic carboxylic acids is 7. The van der Waals surface area contributed by atoms with Crippen LogP contribution < -0.4 is 12.3 Å². The topological polar surface area (TPSA) is 334 Å². The largest absolute Gasteiger partial charge is 0.481 e. The normalized spacial score (nSPS) is 7.06. The van der Waals surface area contributed by atoms with E-state index in [-0.39, 0.29) is 12.3 Å². The molecule has 0 spiro atoms. The van der Waals surface area contributed by atoms with Gasteiger partial charge in [0.1, 0.15) is 0 Å². The highest BCUT2D eigenvalue weighted by Gasteiger charge is 2.15. The van der Waals surface area contributed by atoms with E-state index in [2.05, 4.69) is 13.2 Å². The Hall–Kier alpha value is -4.09. The molecule has 0 atom stereocenters. The third-order valence-corrected chi connectivity index (χ3v) is 1.08. The molecule has 0 fully saturated rings. The van der Waals surface area contributed by atoms with Crippen LogP contribution in [-0.4, -0.2) is 102 Å². The summed E-state index contributed by atoms with van der Waals surface area (Å²) in [6.07, 6.45) is 0. The zero-order valence-electron chi connectivity index (χ0n) is 18.9. The summed E-state index contributed by atoms with van der Waals surface area (Å²) in [7, 11) is 0. The Morgan fingerprint density at radius 1 is 0.485 bits per heavy atom. The molecule has 0 heterocycles. The summed E-state index contributed by atoms with van der Waals surface area (Å²) >= 11 is 0. The van der Waals surface area contributed by atoms with E-state index in [0.29, 0.717) is 0 Å². The van der Waals surface area contributed by atoms with Gasteiger partial charge in [0.2, 0.25) is 0 Å². The van der Waals surface area contributed by atoms with Gasteiger partial charge in [-0.05, 0) is 0 Å². The van der Waals surface area contributed by atoms with Gasteiger partial charge in [-0.3, -0.25) is 38.5 Å². The fourth-order valence-corrected chi connectivity index (χ4v) is 0.742. The molecule has 0 bridgehead atoms.